The molecule has 0 radical (unpaired) electrons. The van der Waals surface area contributed by atoms with E-state index in [1.807, 2.05) is 6.92 Å². The SMILES string of the molecule is CC[C@@H]1OC[C@@]2(C)[C@@H]3C[C@H](O)[C@@]4(C)Oc5cc(-c6cccnc6)oc(=O)c5[C@H](O)[C@@H]4[C@@]3(C)CC[C@@H]2O1. The maximum absolute atomic E-state index is 13.2. The lowest BCUT2D eigenvalue weighted by Crippen LogP contribution is -2.71. The quantitative estimate of drug-likeness (QED) is 0.644. The number of hydrogen-bond donors (Lipinski definition) is 2. The molecule has 1 saturated heterocycles. The highest BCUT2D eigenvalue weighted by Crippen LogP contribution is 2.67. The summed E-state index contributed by atoms with van der Waals surface area (Å²) in [7, 11) is 0. The first-order valence-electron chi connectivity index (χ1n) is 13.0. The topological polar surface area (TPSA) is 111 Å². The first kappa shape index (κ1) is 24.1. The molecule has 2 aliphatic carbocycles. The second kappa shape index (κ2) is 8.12. The van der Waals surface area contributed by atoms with Gasteiger partial charge in [-0.3, -0.25) is 4.98 Å². The standard InChI is InChI=1S/C28H35NO7/c1-5-21-33-14-27(3)18-12-19(30)28(4)24(26(18,2)9-8-20(27)35-21)23(31)22-17(36-28)11-16(34-25(22)32)15-7-6-10-29-13-15/h6-7,10-11,13,18-21,23-24,30-31H,5,8-9,12,14H2,1-4H3/t18-,19+,20+,21-,23+,24-,26+,27+,28-/m1/s1. The van der Waals surface area contributed by atoms with Crippen molar-refractivity contribution >= 4 is 0 Å². The molecule has 8 nitrogen and oxygen atoms in total. The molecule has 4 heterocycles. The Bertz CT molecular complexity index is 1220. The van der Waals surface area contributed by atoms with Gasteiger partial charge in [0.05, 0.1) is 24.9 Å². The molecule has 0 bridgehead atoms. The van der Waals surface area contributed by atoms with Gasteiger partial charge in [-0.2, -0.15) is 0 Å². The van der Waals surface area contributed by atoms with E-state index in [0.29, 0.717) is 24.4 Å². The van der Waals surface area contributed by atoms with Crippen LogP contribution >= 0.6 is 0 Å². The largest absolute Gasteiger partial charge is 0.484 e. The van der Waals surface area contributed by atoms with Crippen molar-refractivity contribution in [1.82, 2.24) is 4.98 Å². The predicted octanol–water partition coefficient (Wildman–Crippen LogP) is 3.84. The molecule has 4 aliphatic rings. The van der Waals surface area contributed by atoms with Gasteiger partial charge in [0.15, 0.2) is 6.29 Å². The zero-order valence-electron chi connectivity index (χ0n) is 21.3. The van der Waals surface area contributed by atoms with Gasteiger partial charge in [0.1, 0.15) is 22.7 Å². The number of nitrogens with zero attached hydrogens (tertiary/aromatic N) is 1. The number of pyridine rings is 1. The molecule has 2 aliphatic heterocycles. The first-order valence-corrected chi connectivity index (χ1v) is 13.0. The van der Waals surface area contributed by atoms with Crippen LogP contribution in [-0.2, 0) is 9.47 Å². The van der Waals surface area contributed by atoms with Gasteiger partial charge in [0.2, 0.25) is 0 Å². The molecule has 9 atom stereocenters. The van der Waals surface area contributed by atoms with Crippen LogP contribution in [0.25, 0.3) is 11.3 Å². The average molecular weight is 498 g/mol. The highest BCUT2D eigenvalue weighted by atomic mass is 16.7. The maximum Gasteiger partial charge on any atom is 0.345 e. The number of aliphatic hydroxyl groups excluding tert-OH is 2. The Labute approximate surface area is 210 Å². The summed E-state index contributed by atoms with van der Waals surface area (Å²) in [5, 5.41) is 23.4. The Morgan fingerprint density at radius 3 is 2.72 bits per heavy atom. The van der Waals surface area contributed by atoms with Crippen LogP contribution in [0, 0.1) is 22.7 Å². The smallest absolute Gasteiger partial charge is 0.345 e. The number of ether oxygens (including phenoxy) is 3. The zero-order valence-corrected chi connectivity index (χ0v) is 21.3. The predicted molar refractivity (Wildman–Crippen MR) is 130 cm³/mol. The molecule has 2 N–H and O–H groups in total. The van der Waals surface area contributed by atoms with Crippen LogP contribution in [0.5, 0.6) is 5.75 Å². The molecule has 0 amide bonds. The Morgan fingerprint density at radius 2 is 2.00 bits per heavy atom. The molecule has 194 valence electrons. The lowest BCUT2D eigenvalue weighted by Gasteiger charge is -2.67. The van der Waals surface area contributed by atoms with E-state index in [1.165, 1.54) is 0 Å². The van der Waals surface area contributed by atoms with E-state index in [2.05, 4.69) is 25.8 Å². The van der Waals surface area contributed by atoms with Crippen molar-refractivity contribution in [3.05, 3.63) is 46.6 Å². The van der Waals surface area contributed by atoms with Gasteiger partial charge in [-0.05, 0) is 56.1 Å². The summed E-state index contributed by atoms with van der Waals surface area (Å²) in [6, 6.07) is 5.18. The van der Waals surface area contributed by atoms with Crippen LogP contribution in [0.1, 0.15) is 65.0 Å². The number of fused-ring (bicyclic) bond motifs is 6. The summed E-state index contributed by atoms with van der Waals surface area (Å²) in [6.07, 6.45) is 3.96. The zero-order chi connectivity index (χ0) is 25.5. The number of aromatic nitrogens is 1. The summed E-state index contributed by atoms with van der Waals surface area (Å²) >= 11 is 0. The van der Waals surface area contributed by atoms with Crippen LogP contribution in [0.15, 0.2) is 39.8 Å². The monoisotopic (exact) mass is 497 g/mol. The van der Waals surface area contributed by atoms with E-state index < -0.39 is 34.8 Å². The molecular formula is C28H35NO7. The van der Waals surface area contributed by atoms with E-state index in [1.54, 1.807) is 30.6 Å². The van der Waals surface area contributed by atoms with Gasteiger partial charge in [-0.15, -0.1) is 0 Å². The molecule has 2 aromatic heterocycles. The molecule has 3 fully saturated rings. The van der Waals surface area contributed by atoms with Crippen LogP contribution in [0.4, 0.5) is 0 Å². The van der Waals surface area contributed by atoms with E-state index >= 15 is 0 Å². The third-order valence-electron chi connectivity index (χ3n) is 9.79. The van der Waals surface area contributed by atoms with Crippen LogP contribution in [0.3, 0.4) is 0 Å². The third kappa shape index (κ3) is 3.20. The van der Waals surface area contributed by atoms with Gasteiger partial charge in [-0.1, -0.05) is 20.8 Å². The lowest BCUT2D eigenvalue weighted by molar-refractivity contribution is -0.327. The minimum atomic E-state index is -1.14. The molecule has 6 rings (SSSR count). The Balaban J connectivity index is 1.43. The van der Waals surface area contributed by atoms with Gasteiger partial charge >= 0.3 is 5.63 Å². The molecule has 2 saturated carbocycles. The van der Waals surface area contributed by atoms with Crippen molar-refractivity contribution in [2.75, 3.05) is 6.61 Å². The Hall–Kier alpha value is -2.26. The van der Waals surface area contributed by atoms with Gasteiger partial charge in [0.25, 0.3) is 0 Å². The first-order chi connectivity index (χ1) is 17.1. The number of aliphatic hydroxyl groups is 2. The maximum atomic E-state index is 13.2. The van der Waals surface area contributed by atoms with E-state index in [0.717, 1.165) is 19.3 Å². The summed E-state index contributed by atoms with van der Waals surface area (Å²) in [6.45, 7) is 8.80. The molecule has 2 aromatic rings. The molecule has 0 unspecified atom stereocenters. The summed E-state index contributed by atoms with van der Waals surface area (Å²) < 4.78 is 24.5. The van der Waals surface area contributed by atoms with Crippen molar-refractivity contribution in [2.24, 2.45) is 22.7 Å². The fourth-order valence-corrected chi connectivity index (χ4v) is 7.97. The van der Waals surface area contributed by atoms with Crippen molar-refractivity contribution in [2.45, 2.75) is 83.6 Å². The Kier molecular flexibility index (Phi) is 5.43. The minimum Gasteiger partial charge on any atom is -0.484 e. The highest BCUT2D eigenvalue weighted by molar-refractivity contribution is 5.59. The van der Waals surface area contributed by atoms with E-state index in [4.69, 9.17) is 18.6 Å². The molecular weight excluding hydrogens is 462 g/mol. The molecule has 8 heteroatoms. The number of rotatable bonds is 2. The van der Waals surface area contributed by atoms with Crippen molar-refractivity contribution in [3.8, 4) is 17.1 Å². The summed E-state index contributed by atoms with van der Waals surface area (Å²) in [5.41, 5.74) is -1.70. The summed E-state index contributed by atoms with van der Waals surface area (Å²) in [5.74, 6) is 0.0640. The summed E-state index contributed by atoms with van der Waals surface area (Å²) in [4.78, 5) is 17.3. The Morgan fingerprint density at radius 1 is 1.19 bits per heavy atom. The average Bonchev–Trinajstić information content (AvgIpc) is 2.85. The van der Waals surface area contributed by atoms with Crippen molar-refractivity contribution < 1.29 is 28.8 Å². The van der Waals surface area contributed by atoms with Gasteiger partial charge in [-0.25, -0.2) is 4.79 Å². The third-order valence-corrected chi connectivity index (χ3v) is 9.79. The van der Waals surface area contributed by atoms with Gasteiger partial charge < -0.3 is 28.8 Å². The highest BCUT2D eigenvalue weighted by Gasteiger charge is 2.69. The normalized spacial score (nSPS) is 43.4. The van der Waals surface area contributed by atoms with Crippen LogP contribution in [0.2, 0.25) is 0 Å². The van der Waals surface area contributed by atoms with E-state index in [-0.39, 0.29) is 35.0 Å². The van der Waals surface area contributed by atoms with E-state index in [9.17, 15) is 15.0 Å². The number of hydrogen-bond acceptors (Lipinski definition) is 8. The van der Waals surface area contributed by atoms with Gasteiger partial charge in [0, 0.05) is 35.4 Å². The lowest BCUT2D eigenvalue weighted by atomic mass is 9.42. The fraction of sp³-hybridized carbons (Fsp3) is 0.643. The van der Waals surface area contributed by atoms with Crippen molar-refractivity contribution in [1.29, 1.82) is 0 Å². The molecule has 36 heavy (non-hydrogen) atoms. The van der Waals surface area contributed by atoms with Crippen LogP contribution < -0.4 is 10.4 Å². The van der Waals surface area contributed by atoms with Crippen molar-refractivity contribution in [3.63, 3.8) is 0 Å². The second-order valence-electron chi connectivity index (χ2n) is 11.8. The van der Waals surface area contributed by atoms with Crippen LogP contribution in [-0.4, -0.2) is 45.9 Å². The second-order valence-corrected chi connectivity index (χ2v) is 11.8. The molecule has 0 aromatic carbocycles. The molecule has 0 spiro atoms. The minimum absolute atomic E-state index is 0.0103. The fourth-order valence-electron chi connectivity index (χ4n) is 7.97.